The van der Waals surface area contributed by atoms with Crippen LogP contribution >= 0.6 is 0 Å². The van der Waals surface area contributed by atoms with Crippen LogP contribution in [-0.2, 0) is 6.54 Å². The molecule has 19 heavy (non-hydrogen) atoms. The Labute approximate surface area is 114 Å². The van der Waals surface area contributed by atoms with Crippen LogP contribution in [0.4, 0.5) is 11.4 Å². The smallest absolute Gasteiger partial charge is 0.292 e. The number of hydrogen-bond acceptors (Lipinski definition) is 4. The molecule has 0 heterocycles. The normalized spacial score (nSPS) is 11.1. The molecular weight excluding hydrogens is 242 g/mol. The first kappa shape index (κ1) is 15.4. The molecule has 0 aromatic heterocycles. The average molecular weight is 265 g/mol. The number of rotatable bonds is 7. The molecule has 1 aromatic rings. The fourth-order valence-electron chi connectivity index (χ4n) is 2.18. The third kappa shape index (κ3) is 3.92. The molecule has 0 radical (unpaired) electrons. The SMILES string of the molecule is CCCN(Cc1cccc([N+](=O)[O-])c1NC)C(C)C. The van der Waals surface area contributed by atoms with Crippen molar-refractivity contribution in [2.24, 2.45) is 0 Å². The Bertz CT molecular complexity index is 433. The fourth-order valence-corrected chi connectivity index (χ4v) is 2.18. The monoisotopic (exact) mass is 265 g/mol. The van der Waals surface area contributed by atoms with Gasteiger partial charge in [-0.25, -0.2) is 0 Å². The molecule has 1 aromatic carbocycles. The second kappa shape index (κ2) is 7.09. The number of benzene rings is 1. The number of nitrogens with zero attached hydrogens (tertiary/aromatic N) is 2. The van der Waals surface area contributed by atoms with E-state index in [0.29, 0.717) is 11.7 Å². The summed E-state index contributed by atoms with van der Waals surface area (Å²) in [4.78, 5) is 13.0. The van der Waals surface area contributed by atoms with E-state index in [1.165, 1.54) is 6.07 Å². The molecule has 5 heteroatoms. The highest BCUT2D eigenvalue weighted by Gasteiger charge is 2.18. The van der Waals surface area contributed by atoms with Gasteiger partial charge in [0.15, 0.2) is 0 Å². The van der Waals surface area contributed by atoms with Gasteiger partial charge >= 0.3 is 0 Å². The summed E-state index contributed by atoms with van der Waals surface area (Å²) in [5.74, 6) is 0. The predicted octanol–water partition coefficient (Wildman–Crippen LogP) is 3.26. The molecule has 0 spiro atoms. The Morgan fingerprint density at radius 3 is 2.58 bits per heavy atom. The molecule has 0 fully saturated rings. The minimum atomic E-state index is -0.338. The highest BCUT2D eigenvalue weighted by atomic mass is 16.6. The number of nitro groups is 1. The van der Waals surface area contributed by atoms with E-state index < -0.39 is 0 Å². The van der Waals surface area contributed by atoms with Crippen molar-refractivity contribution in [3.05, 3.63) is 33.9 Å². The van der Waals surface area contributed by atoms with E-state index in [-0.39, 0.29) is 10.6 Å². The Morgan fingerprint density at radius 1 is 1.42 bits per heavy atom. The molecule has 0 bridgehead atoms. The van der Waals surface area contributed by atoms with Crippen LogP contribution in [0.5, 0.6) is 0 Å². The maximum Gasteiger partial charge on any atom is 0.292 e. The van der Waals surface area contributed by atoms with E-state index >= 15 is 0 Å². The zero-order chi connectivity index (χ0) is 14.4. The summed E-state index contributed by atoms with van der Waals surface area (Å²) >= 11 is 0. The van der Waals surface area contributed by atoms with Gasteiger partial charge in [0, 0.05) is 25.7 Å². The van der Waals surface area contributed by atoms with E-state index in [4.69, 9.17) is 0 Å². The van der Waals surface area contributed by atoms with Crippen LogP contribution in [0.2, 0.25) is 0 Å². The molecule has 0 saturated heterocycles. The second-order valence-electron chi connectivity index (χ2n) is 4.88. The molecular formula is C14H23N3O2. The zero-order valence-electron chi connectivity index (χ0n) is 12.1. The molecule has 0 saturated carbocycles. The first-order chi connectivity index (χ1) is 9.01. The molecule has 0 aliphatic heterocycles. The third-order valence-corrected chi connectivity index (χ3v) is 3.19. The first-order valence-electron chi connectivity index (χ1n) is 6.69. The molecule has 0 aliphatic carbocycles. The summed E-state index contributed by atoms with van der Waals surface area (Å²) in [7, 11) is 1.73. The van der Waals surface area contributed by atoms with Gasteiger partial charge in [-0.1, -0.05) is 19.1 Å². The Hall–Kier alpha value is -1.62. The van der Waals surface area contributed by atoms with Crippen LogP contribution in [0.15, 0.2) is 18.2 Å². The topological polar surface area (TPSA) is 58.4 Å². The molecule has 0 amide bonds. The van der Waals surface area contributed by atoms with Gasteiger partial charge in [0.05, 0.1) is 4.92 Å². The summed E-state index contributed by atoms with van der Waals surface area (Å²) in [5.41, 5.74) is 1.73. The van der Waals surface area contributed by atoms with Gasteiger partial charge in [-0.3, -0.25) is 15.0 Å². The zero-order valence-corrected chi connectivity index (χ0v) is 12.1. The maximum absolute atomic E-state index is 11.0. The molecule has 0 unspecified atom stereocenters. The van der Waals surface area contributed by atoms with E-state index in [1.54, 1.807) is 13.1 Å². The van der Waals surface area contributed by atoms with Crippen molar-refractivity contribution in [3.8, 4) is 0 Å². The summed E-state index contributed by atoms with van der Waals surface area (Å²) in [6.45, 7) is 8.15. The van der Waals surface area contributed by atoms with Crippen LogP contribution in [-0.4, -0.2) is 29.5 Å². The minimum Gasteiger partial charge on any atom is -0.382 e. The number of para-hydroxylation sites is 1. The lowest BCUT2D eigenvalue weighted by Gasteiger charge is -2.26. The molecule has 1 N–H and O–H groups in total. The van der Waals surface area contributed by atoms with Gasteiger partial charge in [-0.05, 0) is 32.4 Å². The fraction of sp³-hybridized carbons (Fsp3) is 0.571. The van der Waals surface area contributed by atoms with Crippen molar-refractivity contribution in [1.29, 1.82) is 0 Å². The van der Waals surface area contributed by atoms with Crippen molar-refractivity contribution >= 4 is 11.4 Å². The van der Waals surface area contributed by atoms with Crippen molar-refractivity contribution in [2.75, 3.05) is 18.9 Å². The van der Waals surface area contributed by atoms with Crippen LogP contribution in [0.1, 0.15) is 32.8 Å². The predicted molar refractivity (Wildman–Crippen MR) is 78.5 cm³/mol. The van der Waals surface area contributed by atoms with E-state index in [9.17, 15) is 10.1 Å². The number of nitrogens with one attached hydrogen (secondary N) is 1. The number of hydrogen-bond donors (Lipinski definition) is 1. The van der Waals surface area contributed by atoms with Gasteiger partial charge in [0.1, 0.15) is 5.69 Å². The quantitative estimate of drug-likeness (QED) is 0.607. The van der Waals surface area contributed by atoms with E-state index in [0.717, 1.165) is 25.1 Å². The van der Waals surface area contributed by atoms with Crippen molar-refractivity contribution in [2.45, 2.75) is 39.8 Å². The van der Waals surface area contributed by atoms with Gasteiger partial charge in [-0.2, -0.15) is 0 Å². The summed E-state index contributed by atoms with van der Waals surface area (Å²) < 4.78 is 0. The Balaban J connectivity index is 3.05. The van der Waals surface area contributed by atoms with Crippen molar-refractivity contribution in [1.82, 2.24) is 4.90 Å². The summed E-state index contributed by atoms with van der Waals surface area (Å²) in [5, 5.41) is 14.0. The Kier molecular flexibility index (Phi) is 5.76. The lowest BCUT2D eigenvalue weighted by molar-refractivity contribution is -0.384. The van der Waals surface area contributed by atoms with Crippen LogP contribution in [0, 0.1) is 10.1 Å². The number of nitro benzene ring substituents is 1. The second-order valence-corrected chi connectivity index (χ2v) is 4.88. The first-order valence-corrected chi connectivity index (χ1v) is 6.69. The Morgan fingerprint density at radius 2 is 2.11 bits per heavy atom. The van der Waals surface area contributed by atoms with E-state index in [2.05, 4.69) is 31.0 Å². The van der Waals surface area contributed by atoms with Gasteiger partial charge in [0.25, 0.3) is 5.69 Å². The van der Waals surface area contributed by atoms with Crippen molar-refractivity contribution < 1.29 is 4.92 Å². The lowest BCUT2D eigenvalue weighted by atomic mass is 10.1. The molecule has 106 valence electrons. The molecule has 5 nitrogen and oxygen atoms in total. The van der Waals surface area contributed by atoms with Crippen LogP contribution in [0.25, 0.3) is 0 Å². The van der Waals surface area contributed by atoms with Gasteiger partial charge < -0.3 is 5.32 Å². The maximum atomic E-state index is 11.0. The molecule has 1 rings (SSSR count). The van der Waals surface area contributed by atoms with Crippen LogP contribution < -0.4 is 5.32 Å². The largest absolute Gasteiger partial charge is 0.382 e. The highest BCUT2D eigenvalue weighted by Crippen LogP contribution is 2.29. The standard InChI is InChI=1S/C14H23N3O2/c1-5-9-16(11(2)3)10-12-7-6-8-13(17(18)19)14(12)15-4/h6-8,11,15H,5,9-10H2,1-4H3. The van der Waals surface area contributed by atoms with Gasteiger partial charge in [-0.15, -0.1) is 0 Å². The summed E-state index contributed by atoms with van der Waals surface area (Å²) in [6, 6.07) is 5.65. The number of anilines is 1. The third-order valence-electron chi connectivity index (χ3n) is 3.19. The summed E-state index contributed by atoms with van der Waals surface area (Å²) in [6.07, 6.45) is 1.07. The average Bonchev–Trinajstić information content (AvgIpc) is 2.37. The van der Waals surface area contributed by atoms with E-state index in [1.807, 2.05) is 6.07 Å². The minimum absolute atomic E-state index is 0.139. The highest BCUT2D eigenvalue weighted by molar-refractivity contribution is 5.66. The lowest BCUT2D eigenvalue weighted by Crippen LogP contribution is -2.31. The van der Waals surface area contributed by atoms with Crippen LogP contribution in [0.3, 0.4) is 0 Å². The van der Waals surface area contributed by atoms with Crippen molar-refractivity contribution in [3.63, 3.8) is 0 Å². The molecule has 0 atom stereocenters. The van der Waals surface area contributed by atoms with Gasteiger partial charge in [0.2, 0.25) is 0 Å². The molecule has 0 aliphatic rings.